The van der Waals surface area contributed by atoms with Gasteiger partial charge in [0.1, 0.15) is 12.2 Å². The van der Waals surface area contributed by atoms with Gasteiger partial charge < -0.3 is 5.73 Å². The van der Waals surface area contributed by atoms with E-state index in [1.54, 1.807) is 6.33 Å². The summed E-state index contributed by atoms with van der Waals surface area (Å²) < 4.78 is 2.03. The van der Waals surface area contributed by atoms with E-state index in [1.165, 1.54) is 6.42 Å². The molecule has 0 spiro atoms. The van der Waals surface area contributed by atoms with E-state index in [0.717, 1.165) is 32.0 Å². The highest BCUT2D eigenvalue weighted by Gasteiger charge is 2.28. The van der Waals surface area contributed by atoms with Gasteiger partial charge in [-0.25, -0.2) is 9.67 Å². The summed E-state index contributed by atoms with van der Waals surface area (Å²) in [7, 11) is 0. The largest absolute Gasteiger partial charge is 0.330 e. The maximum absolute atomic E-state index is 5.77. The van der Waals surface area contributed by atoms with Crippen molar-refractivity contribution in [3.8, 4) is 0 Å². The minimum atomic E-state index is 0.596. The highest BCUT2D eigenvalue weighted by Crippen LogP contribution is 2.23. The van der Waals surface area contributed by atoms with Crippen LogP contribution in [0.25, 0.3) is 0 Å². The highest BCUT2D eigenvalue weighted by atomic mass is 15.4. The van der Waals surface area contributed by atoms with Crippen LogP contribution in [-0.2, 0) is 13.1 Å². The van der Waals surface area contributed by atoms with Gasteiger partial charge in [-0.2, -0.15) is 5.10 Å². The lowest BCUT2D eigenvalue weighted by atomic mass is 10.1. The topological polar surface area (TPSA) is 60.0 Å². The van der Waals surface area contributed by atoms with Crippen molar-refractivity contribution in [2.75, 3.05) is 13.1 Å². The van der Waals surface area contributed by atoms with Gasteiger partial charge in [0.15, 0.2) is 0 Å². The fraction of sp³-hybridized carbons (Fsp3) is 0.846. The summed E-state index contributed by atoms with van der Waals surface area (Å²) in [6, 6.07) is 0.600. The molecule has 2 rings (SSSR count). The predicted molar refractivity (Wildman–Crippen MR) is 71.9 cm³/mol. The molecule has 102 valence electrons. The number of likely N-dealkylation sites (tertiary alicyclic amines) is 1. The van der Waals surface area contributed by atoms with Gasteiger partial charge in [-0.05, 0) is 31.7 Å². The van der Waals surface area contributed by atoms with Gasteiger partial charge in [0.2, 0.25) is 0 Å². The van der Waals surface area contributed by atoms with Crippen molar-refractivity contribution in [2.24, 2.45) is 17.6 Å². The zero-order valence-corrected chi connectivity index (χ0v) is 11.7. The number of nitrogens with two attached hydrogens (primary N) is 1. The van der Waals surface area contributed by atoms with Crippen molar-refractivity contribution in [2.45, 2.75) is 46.3 Å². The molecule has 1 aliphatic heterocycles. The maximum atomic E-state index is 5.77. The molecular formula is C13H25N5. The maximum Gasteiger partial charge on any atom is 0.141 e. The molecule has 0 amide bonds. The number of hydrogen-bond donors (Lipinski definition) is 1. The van der Waals surface area contributed by atoms with Crippen LogP contribution in [0.3, 0.4) is 0 Å². The van der Waals surface area contributed by atoms with E-state index >= 15 is 0 Å². The quantitative estimate of drug-likeness (QED) is 0.851. The van der Waals surface area contributed by atoms with E-state index in [4.69, 9.17) is 5.73 Å². The first-order valence-corrected chi connectivity index (χ1v) is 6.91. The molecular weight excluding hydrogens is 226 g/mol. The lowest BCUT2D eigenvalue weighted by Crippen LogP contribution is -2.29. The molecule has 1 fully saturated rings. The standard InChI is InChI=1S/C13H25N5/c1-10(2)6-18-13(15-9-16-18)8-17-7-12(5-14)4-11(17)3/h9-12H,4-8,14H2,1-3H3. The normalized spacial score (nSPS) is 25.2. The molecule has 2 heterocycles. The predicted octanol–water partition coefficient (Wildman–Crippen LogP) is 1.10. The minimum Gasteiger partial charge on any atom is -0.330 e. The number of hydrogen-bond acceptors (Lipinski definition) is 4. The Kier molecular flexibility index (Phi) is 4.35. The molecule has 1 aliphatic rings. The average Bonchev–Trinajstić information content (AvgIpc) is 2.87. The molecule has 0 bridgehead atoms. The van der Waals surface area contributed by atoms with Gasteiger partial charge in [-0.15, -0.1) is 0 Å². The first-order valence-electron chi connectivity index (χ1n) is 6.91. The number of nitrogens with zero attached hydrogens (tertiary/aromatic N) is 4. The van der Waals surface area contributed by atoms with Crippen molar-refractivity contribution in [3.05, 3.63) is 12.2 Å². The monoisotopic (exact) mass is 251 g/mol. The smallest absolute Gasteiger partial charge is 0.141 e. The van der Waals surface area contributed by atoms with E-state index in [-0.39, 0.29) is 0 Å². The van der Waals surface area contributed by atoms with Crippen molar-refractivity contribution >= 4 is 0 Å². The van der Waals surface area contributed by atoms with Crippen LogP contribution in [0, 0.1) is 11.8 Å². The fourth-order valence-corrected chi connectivity index (χ4v) is 2.70. The van der Waals surface area contributed by atoms with E-state index in [2.05, 4.69) is 35.8 Å². The second kappa shape index (κ2) is 5.80. The summed E-state index contributed by atoms with van der Waals surface area (Å²) >= 11 is 0. The lowest BCUT2D eigenvalue weighted by molar-refractivity contribution is 0.242. The van der Waals surface area contributed by atoms with Crippen LogP contribution in [0.15, 0.2) is 6.33 Å². The third kappa shape index (κ3) is 3.09. The zero-order valence-electron chi connectivity index (χ0n) is 11.7. The molecule has 2 unspecified atom stereocenters. The molecule has 2 atom stereocenters. The first-order chi connectivity index (χ1) is 8.60. The Morgan fingerprint density at radius 2 is 2.28 bits per heavy atom. The Labute approximate surface area is 109 Å². The fourth-order valence-electron chi connectivity index (χ4n) is 2.70. The Bertz CT molecular complexity index is 373. The third-order valence-electron chi connectivity index (χ3n) is 3.70. The minimum absolute atomic E-state index is 0.596. The van der Waals surface area contributed by atoms with Crippen molar-refractivity contribution in [1.82, 2.24) is 19.7 Å². The van der Waals surface area contributed by atoms with Crippen LogP contribution in [0.5, 0.6) is 0 Å². The molecule has 5 nitrogen and oxygen atoms in total. The van der Waals surface area contributed by atoms with Crippen LogP contribution in [-0.4, -0.2) is 38.8 Å². The van der Waals surface area contributed by atoms with Crippen LogP contribution >= 0.6 is 0 Å². The first kappa shape index (κ1) is 13.5. The number of rotatable bonds is 5. The molecule has 1 saturated heterocycles. The summed E-state index contributed by atoms with van der Waals surface area (Å²) in [6.45, 7) is 10.4. The summed E-state index contributed by atoms with van der Waals surface area (Å²) in [4.78, 5) is 6.87. The van der Waals surface area contributed by atoms with Gasteiger partial charge in [0.25, 0.3) is 0 Å². The van der Waals surface area contributed by atoms with Gasteiger partial charge in [0.05, 0.1) is 6.54 Å². The van der Waals surface area contributed by atoms with Gasteiger partial charge >= 0.3 is 0 Å². The van der Waals surface area contributed by atoms with Crippen molar-refractivity contribution in [1.29, 1.82) is 0 Å². The zero-order chi connectivity index (χ0) is 13.1. The van der Waals surface area contributed by atoms with E-state index in [1.807, 2.05) is 4.68 Å². The molecule has 0 aliphatic carbocycles. The molecule has 0 saturated carbocycles. The van der Waals surface area contributed by atoms with Gasteiger partial charge in [-0.3, -0.25) is 4.90 Å². The Morgan fingerprint density at radius 3 is 2.89 bits per heavy atom. The molecule has 1 aromatic heterocycles. The SMILES string of the molecule is CC(C)Cn1ncnc1CN1CC(CN)CC1C. The van der Waals surface area contributed by atoms with Gasteiger partial charge in [0, 0.05) is 19.1 Å². The summed E-state index contributed by atoms with van der Waals surface area (Å²) in [5, 5.41) is 4.32. The molecule has 2 N–H and O–H groups in total. The van der Waals surface area contributed by atoms with E-state index in [9.17, 15) is 0 Å². The van der Waals surface area contributed by atoms with Crippen LogP contribution in [0.1, 0.15) is 33.0 Å². The average molecular weight is 251 g/mol. The molecule has 5 heteroatoms. The van der Waals surface area contributed by atoms with Crippen LogP contribution in [0.4, 0.5) is 0 Å². The Hall–Kier alpha value is -0.940. The molecule has 18 heavy (non-hydrogen) atoms. The third-order valence-corrected chi connectivity index (χ3v) is 3.70. The van der Waals surface area contributed by atoms with E-state index in [0.29, 0.717) is 17.9 Å². The van der Waals surface area contributed by atoms with Crippen molar-refractivity contribution < 1.29 is 0 Å². The van der Waals surface area contributed by atoms with E-state index < -0.39 is 0 Å². The molecule has 1 aromatic rings. The second-order valence-electron chi connectivity index (χ2n) is 5.87. The van der Waals surface area contributed by atoms with Gasteiger partial charge in [-0.1, -0.05) is 13.8 Å². The van der Waals surface area contributed by atoms with Crippen LogP contribution in [0.2, 0.25) is 0 Å². The summed E-state index contributed by atoms with van der Waals surface area (Å²) in [5.74, 6) is 2.31. The molecule has 0 radical (unpaired) electrons. The lowest BCUT2D eigenvalue weighted by Gasteiger charge is -2.21. The summed E-state index contributed by atoms with van der Waals surface area (Å²) in [6.07, 6.45) is 2.87. The van der Waals surface area contributed by atoms with Crippen molar-refractivity contribution in [3.63, 3.8) is 0 Å². The second-order valence-corrected chi connectivity index (χ2v) is 5.87. The summed E-state index contributed by atoms with van der Waals surface area (Å²) in [5.41, 5.74) is 5.77. The molecule has 0 aromatic carbocycles. The Morgan fingerprint density at radius 1 is 1.50 bits per heavy atom. The Balaban J connectivity index is 1.99. The highest BCUT2D eigenvalue weighted by molar-refractivity contribution is 4.90. The van der Waals surface area contributed by atoms with Crippen LogP contribution < -0.4 is 5.73 Å². The number of aromatic nitrogens is 3.